The van der Waals surface area contributed by atoms with E-state index in [1.54, 1.807) is 0 Å². The zero-order valence-electron chi connectivity index (χ0n) is 16.5. The molecule has 3 atom stereocenters. The van der Waals surface area contributed by atoms with Gasteiger partial charge in [0.1, 0.15) is 0 Å². The lowest BCUT2D eigenvalue weighted by Crippen LogP contribution is -2.41. The second-order valence-electron chi connectivity index (χ2n) is 8.74. The summed E-state index contributed by atoms with van der Waals surface area (Å²) in [6.45, 7) is 7.60. The van der Waals surface area contributed by atoms with Crippen molar-refractivity contribution < 1.29 is 9.59 Å². The van der Waals surface area contributed by atoms with Crippen LogP contribution in [0, 0.1) is 17.8 Å². The molecule has 5 heteroatoms. The van der Waals surface area contributed by atoms with Gasteiger partial charge in [-0.2, -0.15) is 0 Å². The second-order valence-corrected chi connectivity index (χ2v) is 8.74. The van der Waals surface area contributed by atoms with Gasteiger partial charge in [-0.1, -0.05) is 20.8 Å². The summed E-state index contributed by atoms with van der Waals surface area (Å²) in [4.78, 5) is 26.5. The Morgan fingerprint density at radius 2 is 1.56 bits per heavy atom. The van der Waals surface area contributed by atoms with Gasteiger partial charge in [0.2, 0.25) is 11.8 Å². The van der Waals surface area contributed by atoms with Crippen LogP contribution in [0.4, 0.5) is 0 Å². The van der Waals surface area contributed by atoms with E-state index in [1.807, 2.05) is 0 Å². The predicted molar refractivity (Wildman–Crippen MR) is 101 cm³/mol. The lowest BCUT2D eigenvalue weighted by Gasteiger charge is -2.36. The zero-order chi connectivity index (χ0) is 18.4. The molecule has 2 heterocycles. The molecule has 2 aliphatic rings. The molecule has 2 aliphatic heterocycles. The summed E-state index contributed by atoms with van der Waals surface area (Å²) in [7, 11) is 2.23. The van der Waals surface area contributed by atoms with E-state index in [2.05, 4.69) is 43.4 Å². The van der Waals surface area contributed by atoms with Gasteiger partial charge in [-0.25, -0.2) is 0 Å². The maximum atomic E-state index is 12.2. The Bertz CT molecular complexity index is 438. The third kappa shape index (κ3) is 6.61. The lowest BCUT2D eigenvalue weighted by atomic mass is 9.88. The highest BCUT2D eigenvalue weighted by molar-refractivity contribution is 5.76. The lowest BCUT2D eigenvalue weighted by molar-refractivity contribution is -0.122. The van der Waals surface area contributed by atoms with Crippen molar-refractivity contribution in [3.63, 3.8) is 0 Å². The molecule has 0 aromatic rings. The molecular formula is C20H37N3O2. The molecule has 2 saturated heterocycles. The number of nitrogens with zero attached hydrogens (tertiary/aromatic N) is 1. The fraction of sp³-hybridized carbons (Fsp3) is 0.900. The molecule has 5 nitrogen and oxygen atoms in total. The van der Waals surface area contributed by atoms with Gasteiger partial charge in [0.25, 0.3) is 0 Å². The van der Waals surface area contributed by atoms with Crippen LogP contribution in [-0.4, -0.2) is 48.9 Å². The number of carbonyl (C=O) groups is 2. The van der Waals surface area contributed by atoms with Crippen LogP contribution in [-0.2, 0) is 9.59 Å². The Morgan fingerprint density at radius 3 is 2.12 bits per heavy atom. The molecule has 0 aliphatic carbocycles. The largest absolute Gasteiger partial charge is 0.356 e. The number of hydrogen-bond acceptors (Lipinski definition) is 3. The van der Waals surface area contributed by atoms with Crippen LogP contribution in [0.1, 0.15) is 65.7 Å². The SMILES string of the molecule is CC(C)CCC(=O)NCC(C)CNC(=O)CC1CC2CCC(C1)N2C. The summed E-state index contributed by atoms with van der Waals surface area (Å²) in [5.41, 5.74) is 0. The molecule has 0 saturated carbocycles. The minimum Gasteiger partial charge on any atom is -0.356 e. The van der Waals surface area contributed by atoms with Gasteiger partial charge in [0.15, 0.2) is 0 Å². The number of hydrogen-bond donors (Lipinski definition) is 2. The van der Waals surface area contributed by atoms with Crippen molar-refractivity contribution in [2.24, 2.45) is 17.8 Å². The zero-order valence-corrected chi connectivity index (χ0v) is 16.5. The summed E-state index contributed by atoms with van der Waals surface area (Å²) in [5, 5.41) is 6.03. The average molecular weight is 352 g/mol. The topological polar surface area (TPSA) is 61.4 Å². The highest BCUT2D eigenvalue weighted by Crippen LogP contribution is 2.38. The van der Waals surface area contributed by atoms with Crippen LogP contribution in [0.25, 0.3) is 0 Å². The Balaban J connectivity index is 1.58. The van der Waals surface area contributed by atoms with E-state index >= 15 is 0 Å². The molecule has 25 heavy (non-hydrogen) atoms. The van der Waals surface area contributed by atoms with Gasteiger partial charge in [0.05, 0.1) is 0 Å². The molecule has 144 valence electrons. The molecule has 3 unspecified atom stereocenters. The second kappa shape index (κ2) is 9.56. The first-order valence-electron chi connectivity index (χ1n) is 10.1. The third-order valence-corrected chi connectivity index (χ3v) is 5.91. The summed E-state index contributed by atoms with van der Waals surface area (Å²) in [5.74, 6) is 1.65. The first kappa shape index (κ1) is 20.2. The maximum absolute atomic E-state index is 12.2. The van der Waals surface area contributed by atoms with E-state index in [0.717, 1.165) is 6.42 Å². The van der Waals surface area contributed by atoms with E-state index in [9.17, 15) is 9.59 Å². The summed E-state index contributed by atoms with van der Waals surface area (Å²) in [6, 6.07) is 1.38. The van der Waals surface area contributed by atoms with Gasteiger partial charge >= 0.3 is 0 Å². The van der Waals surface area contributed by atoms with Gasteiger partial charge < -0.3 is 15.5 Å². The molecule has 0 spiro atoms. The number of amides is 2. The summed E-state index contributed by atoms with van der Waals surface area (Å²) in [6.07, 6.45) is 7.11. The fourth-order valence-corrected chi connectivity index (χ4v) is 4.18. The molecule has 2 amide bonds. The molecule has 2 fully saturated rings. The third-order valence-electron chi connectivity index (χ3n) is 5.91. The molecule has 2 bridgehead atoms. The first-order chi connectivity index (χ1) is 11.8. The van der Waals surface area contributed by atoms with Gasteiger partial charge in [-0.3, -0.25) is 9.59 Å². The number of rotatable bonds is 9. The number of piperidine rings is 1. The quantitative estimate of drug-likeness (QED) is 0.671. The fourth-order valence-electron chi connectivity index (χ4n) is 4.18. The van der Waals surface area contributed by atoms with Crippen LogP contribution in [0.2, 0.25) is 0 Å². The van der Waals surface area contributed by atoms with Crippen LogP contribution >= 0.6 is 0 Å². The molecular weight excluding hydrogens is 314 g/mol. The van der Waals surface area contributed by atoms with Crippen LogP contribution in [0.5, 0.6) is 0 Å². The minimum atomic E-state index is 0.119. The van der Waals surface area contributed by atoms with Crippen LogP contribution < -0.4 is 10.6 Å². The number of carbonyl (C=O) groups excluding carboxylic acids is 2. The maximum Gasteiger partial charge on any atom is 0.220 e. The molecule has 0 radical (unpaired) electrons. The number of nitrogens with one attached hydrogen (secondary N) is 2. The van der Waals surface area contributed by atoms with E-state index in [0.29, 0.717) is 49.9 Å². The Labute approximate surface area is 153 Å². The monoisotopic (exact) mass is 351 g/mol. The van der Waals surface area contributed by atoms with Crippen molar-refractivity contribution in [1.82, 2.24) is 15.5 Å². The van der Waals surface area contributed by atoms with Crippen molar-refractivity contribution in [2.45, 2.75) is 77.8 Å². The van der Waals surface area contributed by atoms with E-state index in [1.165, 1.54) is 25.7 Å². The highest BCUT2D eigenvalue weighted by atomic mass is 16.2. The van der Waals surface area contributed by atoms with Crippen molar-refractivity contribution in [1.29, 1.82) is 0 Å². The Hall–Kier alpha value is -1.10. The van der Waals surface area contributed by atoms with E-state index < -0.39 is 0 Å². The smallest absolute Gasteiger partial charge is 0.220 e. The minimum absolute atomic E-state index is 0.119. The summed E-state index contributed by atoms with van der Waals surface area (Å²) < 4.78 is 0. The normalized spacial score (nSPS) is 27.3. The van der Waals surface area contributed by atoms with Crippen LogP contribution in [0.3, 0.4) is 0 Å². The molecule has 0 aromatic carbocycles. The van der Waals surface area contributed by atoms with Crippen molar-refractivity contribution in [3.8, 4) is 0 Å². The van der Waals surface area contributed by atoms with Gasteiger partial charge in [-0.15, -0.1) is 0 Å². The van der Waals surface area contributed by atoms with Gasteiger partial charge in [-0.05, 0) is 56.9 Å². The average Bonchev–Trinajstić information content (AvgIpc) is 2.77. The highest BCUT2D eigenvalue weighted by Gasteiger charge is 2.38. The Morgan fingerprint density at radius 1 is 1.00 bits per heavy atom. The standard InChI is InChI=1S/C20H37N3O2/c1-14(2)5-8-19(24)21-12-15(3)13-22-20(25)11-16-9-17-6-7-18(10-16)23(17)4/h14-18H,5-13H2,1-4H3,(H,21,24)(H,22,25). The molecule has 2 rings (SSSR count). The van der Waals surface area contributed by atoms with Gasteiger partial charge in [0, 0.05) is 38.0 Å². The molecule has 0 aromatic heterocycles. The van der Waals surface area contributed by atoms with Crippen molar-refractivity contribution >= 4 is 11.8 Å². The van der Waals surface area contributed by atoms with Crippen molar-refractivity contribution in [3.05, 3.63) is 0 Å². The number of fused-ring (bicyclic) bond motifs is 2. The van der Waals surface area contributed by atoms with Crippen molar-refractivity contribution in [2.75, 3.05) is 20.1 Å². The van der Waals surface area contributed by atoms with E-state index in [-0.39, 0.29) is 17.7 Å². The Kier molecular flexibility index (Phi) is 7.73. The first-order valence-corrected chi connectivity index (χ1v) is 10.1. The predicted octanol–water partition coefficient (Wildman–Crippen LogP) is 2.55. The molecule has 2 N–H and O–H groups in total. The summed E-state index contributed by atoms with van der Waals surface area (Å²) >= 11 is 0. The van der Waals surface area contributed by atoms with Crippen LogP contribution in [0.15, 0.2) is 0 Å². The van der Waals surface area contributed by atoms with E-state index in [4.69, 9.17) is 0 Å².